The second kappa shape index (κ2) is 9.43. The Bertz CT molecular complexity index is 746. The van der Waals surface area contributed by atoms with Crippen molar-refractivity contribution >= 4 is 11.6 Å². The number of anilines is 1. The van der Waals surface area contributed by atoms with Gasteiger partial charge in [-0.3, -0.25) is 9.69 Å². The molecule has 0 fully saturated rings. The smallest absolute Gasteiger partial charge is 0.387 e. The minimum Gasteiger partial charge on any atom is -0.435 e. The lowest BCUT2D eigenvalue weighted by atomic mass is 10.1. The number of aliphatic hydroxyl groups excluding tert-OH is 1. The molecule has 7 heteroatoms. The highest BCUT2D eigenvalue weighted by atomic mass is 19.3. The first kappa shape index (κ1) is 20.8. The number of rotatable bonds is 8. The van der Waals surface area contributed by atoms with Gasteiger partial charge in [-0.1, -0.05) is 30.3 Å². The van der Waals surface area contributed by atoms with Crippen molar-refractivity contribution in [2.24, 2.45) is 0 Å². The van der Waals surface area contributed by atoms with Crippen molar-refractivity contribution in [2.45, 2.75) is 26.6 Å². The van der Waals surface area contributed by atoms with Crippen molar-refractivity contribution in [3.63, 3.8) is 0 Å². The zero-order valence-corrected chi connectivity index (χ0v) is 15.6. The minimum absolute atomic E-state index is 0.0299. The van der Waals surface area contributed by atoms with E-state index in [1.54, 1.807) is 11.9 Å². The Balaban J connectivity index is 1.88. The van der Waals surface area contributed by atoms with Crippen LogP contribution >= 0.6 is 0 Å². The number of nitrogens with zero attached hydrogens (tertiary/aromatic N) is 1. The summed E-state index contributed by atoms with van der Waals surface area (Å²) in [4.78, 5) is 14.0. The number of hydrogen-bond acceptors (Lipinski definition) is 4. The summed E-state index contributed by atoms with van der Waals surface area (Å²) >= 11 is 0. The molecule has 0 unspecified atom stereocenters. The first-order chi connectivity index (χ1) is 12.8. The van der Waals surface area contributed by atoms with E-state index in [9.17, 15) is 18.7 Å². The van der Waals surface area contributed by atoms with Crippen LogP contribution < -0.4 is 10.1 Å². The van der Waals surface area contributed by atoms with Crippen LogP contribution in [-0.4, -0.2) is 42.7 Å². The maximum Gasteiger partial charge on any atom is 0.387 e. The first-order valence-corrected chi connectivity index (χ1v) is 8.53. The summed E-state index contributed by atoms with van der Waals surface area (Å²) in [6, 6.07) is 11.6. The van der Waals surface area contributed by atoms with Gasteiger partial charge < -0.3 is 15.2 Å². The Morgan fingerprint density at radius 1 is 1.15 bits per heavy atom. The van der Waals surface area contributed by atoms with Crippen molar-refractivity contribution in [1.29, 1.82) is 0 Å². The number of ether oxygens (including phenoxy) is 1. The predicted molar refractivity (Wildman–Crippen MR) is 100 cm³/mol. The highest BCUT2D eigenvalue weighted by Crippen LogP contribution is 2.21. The van der Waals surface area contributed by atoms with Crippen LogP contribution in [0.3, 0.4) is 0 Å². The standard InChI is InChI=1S/C20H24F2N2O3/c1-13-5-4-6-14(2)19(13)23-18(26)12-24(3)11-17(25)15-7-9-16(10-8-15)27-20(21)22/h4-10,17,20,25H,11-12H2,1-3H3,(H,23,26)/t17-/m1/s1. The molecular formula is C20H24F2N2O3. The second-order valence-corrected chi connectivity index (χ2v) is 6.48. The van der Waals surface area contributed by atoms with E-state index in [2.05, 4.69) is 10.1 Å². The van der Waals surface area contributed by atoms with E-state index < -0.39 is 12.7 Å². The van der Waals surface area contributed by atoms with Gasteiger partial charge in [-0.05, 0) is 49.7 Å². The van der Waals surface area contributed by atoms with Crippen LogP contribution in [0.1, 0.15) is 22.8 Å². The Morgan fingerprint density at radius 3 is 2.30 bits per heavy atom. The van der Waals surface area contributed by atoms with Crippen molar-refractivity contribution in [3.05, 3.63) is 59.2 Å². The van der Waals surface area contributed by atoms with Gasteiger partial charge in [-0.25, -0.2) is 0 Å². The molecule has 2 aromatic carbocycles. The molecule has 2 aromatic rings. The highest BCUT2D eigenvalue weighted by Gasteiger charge is 2.15. The first-order valence-electron chi connectivity index (χ1n) is 8.53. The van der Waals surface area contributed by atoms with Crippen LogP contribution in [0.25, 0.3) is 0 Å². The number of para-hydroxylation sites is 1. The molecule has 1 atom stereocenters. The molecule has 146 valence electrons. The molecule has 0 aliphatic rings. The zero-order chi connectivity index (χ0) is 20.0. The SMILES string of the molecule is Cc1cccc(C)c1NC(=O)CN(C)C[C@@H](O)c1ccc(OC(F)F)cc1. The number of carbonyl (C=O) groups is 1. The highest BCUT2D eigenvalue weighted by molar-refractivity contribution is 5.93. The molecule has 0 bridgehead atoms. The molecule has 5 nitrogen and oxygen atoms in total. The molecule has 0 aromatic heterocycles. The fourth-order valence-corrected chi connectivity index (χ4v) is 2.77. The number of likely N-dealkylation sites (N-methyl/N-ethyl adjacent to an activating group) is 1. The lowest BCUT2D eigenvalue weighted by molar-refractivity contribution is -0.117. The van der Waals surface area contributed by atoms with E-state index in [-0.39, 0.29) is 24.7 Å². The van der Waals surface area contributed by atoms with Gasteiger partial charge in [0.1, 0.15) is 5.75 Å². The van der Waals surface area contributed by atoms with Crippen molar-refractivity contribution in [1.82, 2.24) is 4.90 Å². The third-order valence-corrected chi connectivity index (χ3v) is 4.13. The van der Waals surface area contributed by atoms with Crippen molar-refractivity contribution in [2.75, 3.05) is 25.5 Å². The van der Waals surface area contributed by atoms with Gasteiger partial charge in [0.15, 0.2) is 0 Å². The number of amides is 1. The number of hydrogen-bond donors (Lipinski definition) is 2. The maximum atomic E-state index is 12.3. The maximum absolute atomic E-state index is 12.3. The fraction of sp³-hybridized carbons (Fsp3) is 0.350. The summed E-state index contributed by atoms with van der Waals surface area (Å²) in [5, 5.41) is 13.2. The van der Waals surface area contributed by atoms with Crippen LogP contribution in [-0.2, 0) is 4.79 Å². The van der Waals surface area contributed by atoms with Gasteiger partial charge >= 0.3 is 6.61 Å². The molecule has 2 N–H and O–H groups in total. The fourth-order valence-electron chi connectivity index (χ4n) is 2.77. The Kier molecular flexibility index (Phi) is 7.27. The molecule has 0 saturated heterocycles. The summed E-state index contributed by atoms with van der Waals surface area (Å²) in [6.07, 6.45) is -0.858. The van der Waals surface area contributed by atoms with Gasteiger partial charge in [0.05, 0.1) is 12.6 Å². The third-order valence-electron chi connectivity index (χ3n) is 4.13. The molecule has 27 heavy (non-hydrogen) atoms. The number of carbonyl (C=O) groups excluding carboxylic acids is 1. The Hall–Kier alpha value is -2.51. The third kappa shape index (κ3) is 6.30. The minimum atomic E-state index is -2.89. The van der Waals surface area contributed by atoms with Crippen molar-refractivity contribution < 1.29 is 23.4 Å². The molecule has 1 amide bonds. The van der Waals surface area contributed by atoms with Gasteiger partial charge in [0, 0.05) is 12.2 Å². The van der Waals surface area contributed by atoms with Gasteiger partial charge in [0.2, 0.25) is 5.91 Å². The summed E-state index contributed by atoms with van der Waals surface area (Å²) in [5.74, 6) is -0.148. The van der Waals surface area contributed by atoms with E-state index in [1.807, 2.05) is 32.0 Å². The quantitative estimate of drug-likeness (QED) is 0.738. The number of alkyl halides is 2. The summed E-state index contributed by atoms with van der Waals surface area (Å²) in [7, 11) is 1.72. The normalized spacial score (nSPS) is 12.3. The molecule has 0 radical (unpaired) electrons. The number of halogens is 2. The predicted octanol–water partition coefficient (Wildman–Crippen LogP) is 3.51. The molecule has 0 heterocycles. The van der Waals surface area contributed by atoms with Crippen LogP contribution in [0.5, 0.6) is 5.75 Å². The summed E-state index contributed by atoms with van der Waals surface area (Å²) in [6.45, 7) is 1.30. The van der Waals surface area contributed by atoms with E-state index >= 15 is 0 Å². The van der Waals surface area contributed by atoms with E-state index in [4.69, 9.17) is 0 Å². The number of benzene rings is 2. The summed E-state index contributed by atoms with van der Waals surface area (Å²) < 4.78 is 28.6. The van der Waals surface area contributed by atoms with Crippen LogP contribution in [0, 0.1) is 13.8 Å². The topological polar surface area (TPSA) is 61.8 Å². The largest absolute Gasteiger partial charge is 0.435 e. The number of aliphatic hydroxyl groups is 1. The Labute approximate surface area is 157 Å². The van der Waals surface area contributed by atoms with E-state index in [0.717, 1.165) is 16.8 Å². The molecular weight excluding hydrogens is 354 g/mol. The molecule has 0 spiro atoms. The lowest BCUT2D eigenvalue weighted by Gasteiger charge is -2.21. The number of nitrogens with one attached hydrogen (secondary N) is 1. The van der Waals surface area contributed by atoms with Gasteiger partial charge in [-0.15, -0.1) is 0 Å². The average molecular weight is 378 g/mol. The van der Waals surface area contributed by atoms with Crippen LogP contribution in [0.4, 0.5) is 14.5 Å². The van der Waals surface area contributed by atoms with E-state index in [1.165, 1.54) is 24.3 Å². The van der Waals surface area contributed by atoms with Gasteiger partial charge in [0.25, 0.3) is 0 Å². The zero-order valence-electron chi connectivity index (χ0n) is 15.6. The van der Waals surface area contributed by atoms with Gasteiger partial charge in [-0.2, -0.15) is 8.78 Å². The van der Waals surface area contributed by atoms with Crippen LogP contribution in [0.2, 0.25) is 0 Å². The molecule has 0 aliphatic heterocycles. The number of aryl methyl sites for hydroxylation is 2. The average Bonchev–Trinajstić information content (AvgIpc) is 2.58. The van der Waals surface area contributed by atoms with Crippen LogP contribution in [0.15, 0.2) is 42.5 Å². The summed E-state index contributed by atoms with van der Waals surface area (Å²) in [5.41, 5.74) is 3.32. The molecule has 2 rings (SSSR count). The van der Waals surface area contributed by atoms with E-state index in [0.29, 0.717) is 5.56 Å². The monoisotopic (exact) mass is 378 g/mol. The molecule has 0 saturated carbocycles. The van der Waals surface area contributed by atoms with Crippen molar-refractivity contribution in [3.8, 4) is 5.75 Å². The second-order valence-electron chi connectivity index (χ2n) is 6.48. The Morgan fingerprint density at radius 2 is 1.74 bits per heavy atom. The lowest BCUT2D eigenvalue weighted by Crippen LogP contribution is -2.33. The molecule has 0 aliphatic carbocycles.